The van der Waals surface area contributed by atoms with Gasteiger partial charge in [0.05, 0.1) is 11.7 Å². The molecule has 0 unspecified atom stereocenters. The number of amides is 1. The van der Waals surface area contributed by atoms with Crippen molar-refractivity contribution < 1.29 is 19.0 Å². The van der Waals surface area contributed by atoms with E-state index in [4.69, 9.17) is 14.2 Å². The maximum Gasteiger partial charge on any atom is 0.254 e. The number of benzene rings is 1. The minimum atomic E-state index is -0.160. The zero-order valence-corrected chi connectivity index (χ0v) is 16.9. The molecule has 1 amide bonds. The van der Waals surface area contributed by atoms with E-state index in [1.54, 1.807) is 18.6 Å². The summed E-state index contributed by atoms with van der Waals surface area (Å²) in [5, 5.41) is 3.09. The van der Waals surface area contributed by atoms with Gasteiger partial charge in [0.25, 0.3) is 5.91 Å². The Morgan fingerprint density at radius 2 is 1.77 bits per heavy atom. The SMILES string of the molecule is O=C(NC1CCC(Oc2ccc3c(c2)OCO3)CC1)c1cnc(-c2ccccn2)nc1. The van der Waals surface area contributed by atoms with Crippen LogP contribution in [0.3, 0.4) is 0 Å². The van der Waals surface area contributed by atoms with Crippen LogP contribution in [0.2, 0.25) is 0 Å². The second kappa shape index (κ2) is 8.59. The van der Waals surface area contributed by atoms with Gasteiger partial charge in [0.1, 0.15) is 11.4 Å². The van der Waals surface area contributed by atoms with Gasteiger partial charge in [-0.15, -0.1) is 0 Å². The van der Waals surface area contributed by atoms with Gasteiger partial charge in [-0.25, -0.2) is 9.97 Å². The topological polar surface area (TPSA) is 95.5 Å². The summed E-state index contributed by atoms with van der Waals surface area (Å²) in [7, 11) is 0. The van der Waals surface area contributed by atoms with Gasteiger partial charge in [-0.05, 0) is 49.9 Å². The number of aromatic nitrogens is 3. The van der Waals surface area contributed by atoms with Gasteiger partial charge in [-0.3, -0.25) is 9.78 Å². The third-order valence-electron chi connectivity index (χ3n) is 5.46. The van der Waals surface area contributed by atoms with E-state index < -0.39 is 0 Å². The fraction of sp³-hybridized carbons (Fsp3) is 0.304. The standard InChI is InChI=1S/C23H22N4O4/c28-23(15-12-25-22(26-13-15)19-3-1-2-10-24-19)27-16-4-6-17(7-5-16)31-18-8-9-20-21(11-18)30-14-29-20/h1-3,8-13,16-17H,4-7,14H2,(H,27,28). The minimum Gasteiger partial charge on any atom is -0.490 e. The summed E-state index contributed by atoms with van der Waals surface area (Å²) >= 11 is 0. The van der Waals surface area contributed by atoms with Crippen molar-refractivity contribution in [1.29, 1.82) is 0 Å². The van der Waals surface area contributed by atoms with Crippen molar-refractivity contribution in [2.75, 3.05) is 6.79 Å². The molecule has 1 aromatic carbocycles. The fourth-order valence-electron chi connectivity index (χ4n) is 3.81. The van der Waals surface area contributed by atoms with E-state index in [0.717, 1.165) is 42.9 Å². The van der Waals surface area contributed by atoms with Crippen LogP contribution in [0.1, 0.15) is 36.0 Å². The lowest BCUT2D eigenvalue weighted by Crippen LogP contribution is -2.39. The maximum atomic E-state index is 12.6. The molecule has 0 radical (unpaired) electrons. The normalized spacial score (nSPS) is 19.6. The van der Waals surface area contributed by atoms with Gasteiger partial charge in [-0.1, -0.05) is 6.07 Å². The number of pyridine rings is 1. The molecule has 1 fully saturated rings. The average molecular weight is 418 g/mol. The number of nitrogens with one attached hydrogen (secondary N) is 1. The van der Waals surface area contributed by atoms with Gasteiger partial charge in [0, 0.05) is 30.7 Å². The first-order valence-electron chi connectivity index (χ1n) is 10.4. The van der Waals surface area contributed by atoms with Crippen molar-refractivity contribution in [1.82, 2.24) is 20.3 Å². The third-order valence-corrected chi connectivity index (χ3v) is 5.46. The number of hydrogen-bond acceptors (Lipinski definition) is 7. The molecule has 1 aliphatic heterocycles. The lowest BCUT2D eigenvalue weighted by Gasteiger charge is -2.29. The highest BCUT2D eigenvalue weighted by molar-refractivity contribution is 5.93. The zero-order valence-electron chi connectivity index (χ0n) is 16.9. The van der Waals surface area contributed by atoms with E-state index >= 15 is 0 Å². The van der Waals surface area contributed by atoms with Gasteiger partial charge in [0.2, 0.25) is 6.79 Å². The molecule has 0 spiro atoms. The Balaban J connectivity index is 1.12. The Morgan fingerprint density at radius 1 is 0.968 bits per heavy atom. The molecule has 3 aromatic rings. The van der Waals surface area contributed by atoms with E-state index in [1.165, 1.54) is 0 Å². The van der Waals surface area contributed by atoms with Crippen molar-refractivity contribution in [3.8, 4) is 28.8 Å². The molecule has 1 saturated carbocycles. The molecular formula is C23H22N4O4. The Kier molecular flexibility index (Phi) is 5.35. The maximum absolute atomic E-state index is 12.6. The highest BCUT2D eigenvalue weighted by atomic mass is 16.7. The second-order valence-electron chi connectivity index (χ2n) is 7.59. The van der Waals surface area contributed by atoms with Gasteiger partial charge >= 0.3 is 0 Å². The number of fused-ring (bicyclic) bond motifs is 1. The molecule has 1 aliphatic carbocycles. The predicted octanol–water partition coefficient (Wildman–Crippen LogP) is 3.39. The summed E-state index contributed by atoms with van der Waals surface area (Å²) in [4.78, 5) is 25.3. The molecule has 31 heavy (non-hydrogen) atoms. The Hall–Kier alpha value is -3.68. The first kappa shape index (κ1) is 19.3. The zero-order chi connectivity index (χ0) is 21.0. The van der Waals surface area contributed by atoms with Crippen LogP contribution in [0.5, 0.6) is 17.2 Å². The molecule has 0 atom stereocenters. The summed E-state index contributed by atoms with van der Waals surface area (Å²) < 4.78 is 16.8. The van der Waals surface area contributed by atoms with Gasteiger partial charge in [0.15, 0.2) is 17.3 Å². The fourth-order valence-corrected chi connectivity index (χ4v) is 3.81. The van der Waals surface area contributed by atoms with Crippen molar-refractivity contribution >= 4 is 5.91 Å². The molecule has 1 N–H and O–H groups in total. The first-order chi connectivity index (χ1) is 15.2. The molecular weight excluding hydrogens is 396 g/mol. The van der Waals surface area contributed by atoms with E-state index in [0.29, 0.717) is 17.1 Å². The number of carbonyl (C=O) groups excluding carboxylic acids is 1. The van der Waals surface area contributed by atoms with Crippen LogP contribution in [0, 0.1) is 0 Å². The molecule has 3 heterocycles. The van der Waals surface area contributed by atoms with Crippen molar-refractivity contribution in [2.24, 2.45) is 0 Å². The Bertz CT molecular complexity index is 1050. The molecule has 8 nitrogen and oxygen atoms in total. The molecule has 2 aliphatic rings. The van der Waals surface area contributed by atoms with Crippen molar-refractivity contribution in [3.63, 3.8) is 0 Å². The summed E-state index contributed by atoms with van der Waals surface area (Å²) in [5.74, 6) is 2.58. The number of hydrogen-bond donors (Lipinski definition) is 1. The largest absolute Gasteiger partial charge is 0.490 e. The van der Waals surface area contributed by atoms with Crippen LogP contribution < -0.4 is 19.5 Å². The predicted molar refractivity (Wildman–Crippen MR) is 112 cm³/mol. The number of rotatable bonds is 5. The summed E-state index contributed by atoms with van der Waals surface area (Å²) in [5.41, 5.74) is 1.12. The molecule has 2 aromatic heterocycles. The summed E-state index contributed by atoms with van der Waals surface area (Å²) in [6.45, 7) is 0.251. The van der Waals surface area contributed by atoms with Crippen LogP contribution in [-0.2, 0) is 0 Å². The Labute approximate surface area is 179 Å². The molecule has 158 valence electrons. The highest BCUT2D eigenvalue weighted by Crippen LogP contribution is 2.36. The first-order valence-corrected chi connectivity index (χ1v) is 10.4. The molecule has 0 saturated heterocycles. The van der Waals surface area contributed by atoms with Crippen LogP contribution in [0.4, 0.5) is 0 Å². The second-order valence-corrected chi connectivity index (χ2v) is 7.59. The van der Waals surface area contributed by atoms with Crippen LogP contribution in [-0.4, -0.2) is 39.8 Å². The van der Waals surface area contributed by atoms with Crippen LogP contribution in [0.25, 0.3) is 11.5 Å². The van der Waals surface area contributed by atoms with E-state index in [2.05, 4.69) is 20.3 Å². The van der Waals surface area contributed by atoms with Crippen LogP contribution in [0.15, 0.2) is 55.0 Å². The monoisotopic (exact) mass is 418 g/mol. The Morgan fingerprint density at radius 3 is 2.55 bits per heavy atom. The third kappa shape index (κ3) is 4.42. The number of carbonyl (C=O) groups is 1. The lowest BCUT2D eigenvalue weighted by atomic mass is 9.92. The number of nitrogens with zero attached hydrogens (tertiary/aromatic N) is 3. The highest BCUT2D eigenvalue weighted by Gasteiger charge is 2.25. The van der Waals surface area contributed by atoms with E-state index in [9.17, 15) is 4.79 Å². The van der Waals surface area contributed by atoms with E-state index in [-0.39, 0.29) is 24.8 Å². The summed E-state index contributed by atoms with van der Waals surface area (Å²) in [6.07, 6.45) is 8.34. The van der Waals surface area contributed by atoms with Gasteiger partial charge < -0.3 is 19.5 Å². The van der Waals surface area contributed by atoms with Crippen molar-refractivity contribution in [2.45, 2.75) is 37.8 Å². The molecule has 8 heteroatoms. The van der Waals surface area contributed by atoms with Crippen LogP contribution >= 0.6 is 0 Å². The van der Waals surface area contributed by atoms with Crippen molar-refractivity contribution in [3.05, 3.63) is 60.6 Å². The van der Waals surface area contributed by atoms with E-state index in [1.807, 2.05) is 36.4 Å². The quantitative estimate of drug-likeness (QED) is 0.679. The smallest absolute Gasteiger partial charge is 0.254 e. The average Bonchev–Trinajstić information content (AvgIpc) is 3.29. The minimum absolute atomic E-state index is 0.111. The molecule has 5 rings (SSSR count). The molecule has 0 bridgehead atoms. The summed E-state index contributed by atoms with van der Waals surface area (Å²) in [6, 6.07) is 11.3. The number of ether oxygens (including phenoxy) is 3. The lowest BCUT2D eigenvalue weighted by molar-refractivity contribution is 0.0893. The van der Waals surface area contributed by atoms with Gasteiger partial charge in [-0.2, -0.15) is 0 Å².